The van der Waals surface area contributed by atoms with Crippen LogP contribution in [0, 0.1) is 5.82 Å². The summed E-state index contributed by atoms with van der Waals surface area (Å²) in [5.74, 6) is -0.234. The summed E-state index contributed by atoms with van der Waals surface area (Å²) >= 11 is 0. The molecule has 0 unspecified atom stereocenters. The van der Waals surface area contributed by atoms with Gasteiger partial charge in [0.1, 0.15) is 11.6 Å². The fourth-order valence-corrected chi connectivity index (χ4v) is 1.60. The largest absolute Gasteiger partial charge is 0.481 e. The first kappa shape index (κ1) is 14.7. The van der Waals surface area contributed by atoms with Crippen molar-refractivity contribution in [1.82, 2.24) is 9.97 Å². The van der Waals surface area contributed by atoms with Crippen molar-refractivity contribution in [1.29, 1.82) is 0 Å². The molecular formula is C14H13FN2O4. The van der Waals surface area contributed by atoms with E-state index in [1.807, 2.05) is 0 Å². The number of ketones is 1. The van der Waals surface area contributed by atoms with Crippen LogP contribution in [-0.4, -0.2) is 30.0 Å². The second kappa shape index (κ2) is 6.17. The number of carbonyl (C=O) groups is 1. The number of aromatic nitrogens is 2. The Kier molecular flexibility index (Phi) is 4.32. The van der Waals surface area contributed by atoms with Gasteiger partial charge in [-0.05, 0) is 25.1 Å². The van der Waals surface area contributed by atoms with E-state index in [0.29, 0.717) is 0 Å². The molecule has 0 aliphatic heterocycles. The summed E-state index contributed by atoms with van der Waals surface area (Å²) in [5, 5.41) is 0. The van der Waals surface area contributed by atoms with Gasteiger partial charge in [0.15, 0.2) is 5.78 Å². The van der Waals surface area contributed by atoms with E-state index < -0.39 is 5.82 Å². The van der Waals surface area contributed by atoms with Gasteiger partial charge in [-0.25, -0.2) is 4.39 Å². The maximum absolute atomic E-state index is 13.2. The number of carbonyl (C=O) groups excluding carboxylic acids is 1. The zero-order valence-electron chi connectivity index (χ0n) is 11.7. The summed E-state index contributed by atoms with van der Waals surface area (Å²) in [4.78, 5) is 19.5. The fourth-order valence-electron chi connectivity index (χ4n) is 1.60. The second-order valence-corrected chi connectivity index (χ2v) is 4.03. The third-order valence-electron chi connectivity index (χ3n) is 2.60. The van der Waals surface area contributed by atoms with Crippen molar-refractivity contribution in [2.75, 3.05) is 14.2 Å². The van der Waals surface area contributed by atoms with E-state index in [-0.39, 0.29) is 34.9 Å². The zero-order chi connectivity index (χ0) is 15.4. The molecule has 6 nitrogen and oxygen atoms in total. The molecule has 0 N–H and O–H groups in total. The van der Waals surface area contributed by atoms with E-state index in [0.717, 1.165) is 6.07 Å². The summed E-state index contributed by atoms with van der Waals surface area (Å²) in [6.07, 6.45) is 0. The molecule has 0 bridgehead atoms. The van der Waals surface area contributed by atoms with Gasteiger partial charge < -0.3 is 14.2 Å². The Balaban J connectivity index is 2.40. The lowest BCUT2D eigenvalue weighted by Crippen LogP contribution is -2.02. The Labute approximate surface area is 120 Å². The first-order valence-corrected chi connectivity index (χ1v) is 5.99. The van der Waals surface area contributed by atoms with E-state index >= 15 is 0 Å². The molecule has 0 saturated carbocycles. The minimum atomic E-state index is -0.531. The number of benzene rings is 1. The number of hydrogen-bond donors (Lipinski definition) is 0. The smallest absolute Gasteiger partial charge is 0.328 e. The molecule has 0 saturated heterocycles. The van der Waals surface area contributed by atoms with Crippen LogP contribution < -0.4 is 14.2 Å². The van der Waals surface area contributed by atoms with Gasteiger partial charge in [-0.15, -0.1) is 0 Å². The number of hydrogen-bond acceptors (Lipinski definition) is 6. The number of rotatable bonds is 5. The predicted molar refractivity (Wildman–Crippen MR) is 71.6 cm³/mol. The maximum atomic E-state index is 13.2. The Hall–Kier alpha value is -2.70. The second-order valence-electron chi connectivity index (χ2n) is 4.03. The summed E-state index contributed by atoms with van der Waals surface area (Å²) in [6, 6.07) is 5.01. The maximum Gasteiger partial charge on any atom is 0.328 e. The standard InChI is InChI=1S/C14H13FN2O4/c1-8(18)10-6-9(15)4-5-11(10)21-14-16-12(19-2)7-13(17-14)20-3/h4-7H,1-3H3. The van der Waals surface area contributed by atoms with Crippen LogP contribution in [-0.2, 0) is 0 Å². The van der Waals surface area contributed by atoms with E-state index in [1.165, 1.54) is 39.3 Å². The Bertz CT molecular complexity index is 654. The SMILES string of the molecule is COc1cc(OC)nc(Oc2ccc(F)cc2C(C)=O)n1. The highest BCUT2D eigenvalue weighted by molar-refractivity contribution is 5.96. The quantitative estimate of drug-likeness (QED) is 0.789. The van der Waals surface area contributed by atoms with Crippen molar-refractivity contribution in [3.8, 4) is 23.5 Å². The van der Waals surface area contributed by atoms with Crippen molar-refractivity contribution in [2.45, 2.75) is 6.92 Å². The predicted octanol–water partition coefficient (Wildman–Crippen LogP) is 2.63. The third kappa shape index (κ3) is 3.44. The van der Waals surface area contributed by atoms with Crippen LogP contribution in [0.4, 0.5) is 4.39 Å². The van der Waals surface area contributed by atoms with Gasteiger partial charge >= 0.3 is 6.01 Å². The molecule has 0 fully saturated rings. The van der Waals surface area contributed by atoms with Crippen LogP contribution in [0.3, 0.4) is 0 Å². The van der Waals surface area contributed by atoms with Crippen LogP contribution in [0.15, 0.2) is 24.3 Å². The molecule has 7 heteroatoms. The summed E-state index contributed by atoms with van der Waals surface area (Å²) < 4.78 is 28.6. The highest BCUT2D eigenvalue weighted by Gasteiger charge is 2.14. The Morgan fingerprint density at radius 1 is 1.10 bits per heavy atom. The molecule has 110 valence electrons. The van der Waals surface area contributed by atoms with Gasteiger partial charge in [0.25, 0.3) is 0 Å². The lowest BCUT2D eigenvalue weighted by Gasteiger charge is -2.10. The molecule has 0 amide bonds. The molecule has 1 aromatic carbocycles. The molecule has 0 radical (unpaired) electrons. The number of nitrogens with zero attached hydrogens (tertiary/aromatic N) is 2. The number of Topliss-reactive ketones (excluding diaryl/α,β-unsaturated/α-hetero) is 1. The van der Waals surface area contributed by atoms with E-state index in [2.05, 4.69) is 9.97 Å². The molecule has 0 spiro atoms. The lowest BCUT2D eigenvalue weighted by molar-refractivity contribution is 0.101. The summed E-state index contributed by atoms with van der Waals surface area (Å²) in [6.45, 7) is 1.31. The van der Waals surface area contributed by atoms with Crippen LogP contribution in [0.2, 0.25) is 0 Å². The number of ether oxygens (including phenoxy) is 3. The van der Waals surface area contributed by atoms with Crippen LogP contribution in [0.5, 0.6) is 23.5 Å². The first-order valence-electron chi connectivity index (χ1n) is 5.99. The normalized spacial score (nSPS) is 10.1. The third-order valence-corrected chi connectivity index (χ3v) is 2.60. The van der Waals surface area contributed by atoms with Crippen molar-refractivity contribution in [3.63, 3.8) is 0 Å². The van der Waals surface area contributed by atoms with E-state index in [4.69, 9.17) is 14.2 Å². The fraction of sp³-hybridized carbons (Fsp3) is 0.214. The molecule has 2 aromatic rings. The number of halogens is 1. The minimum Gasteiger partial charge on any atom is -0.481 e. The van der Waals surface area contributed by atoms with Gasteiger partial charge in [-0.2, -0.15) is 9.97 Å². The zero-order valence-corrected chi connectivity index (χ0v) is 11.7. The van der Waals surface area contributed by atoms with Crippen molar-refractivity contribution >= 4 is 5.78 Å². The van der Waals surface area contributed by atoms with Crippen molar-refractivity contribution in [2.24, 2.45) is 0 Å². The molecule has 0 aliphatic carbocycles. The Morgan fingerprint density at radius 3 is 2.24 bits per heavy atom. The van der Waals surface area contributed by atoms with Gasteiger partial charge in [-0.3, -0.25) is 4.79 Å². The van der Waals surface area contributed by atoms with Crippen molar-refractivity contribution < 1.29 is 23.4 Å². The van der Waals surface area contributed by atoms with Gasteiger partial charge in [-0.1, -0.05) is 0 Å². The number of methoxy groups -OCH3 is 2. The lowest BCUT2D eigenvalue weighted by atomic mass is 10.1. The van der Waals surface area contributed by atoms with Crippen molar-refractivity contribution in [3.05, 3.63) is 35.6 Å². The molecule has 1 heterocycles. The van der Waals surface area contributed by atoms with E-state index in [1.54, 1.807) is 0 Å². The topological polar surface area (TPSA) is 70.5 Å². The molecule has 2 rings (SSSR count). The summed E-state index contributed by atoms with van der Waals surface area (Å²) in [7, 11) is 2.87. The Morgan fingerprint density at radius 2 is 1.71 bits per heavy atom. The minimum absolute atomic E-state index is 0.0692. The van der Waals surface area contributed by atoms with Gasteiger partial charge in [0.05, 0.1) is 25.8 Å². The molecule has 0 aliphatic rings. The highest BCUT2D eigenvalue weighted by atomic mass is 19.1. The van der Waals surface area contributed by atoms with Crippen LogP contribution in [0.1, 0.15) is 17.3 Å². The average molecular weight is 292 g/mol. The van der Waals surface area contributed by atoms with Gasteiger partial charge in [0.2, 0.25) is 11.8 Å². The first-order chi connectivity index (χ1) is 10.0. The molecule has 0 atom stereocenters. The highest BCUT2D eigenvalue weighted by Crippen LogP contribution is 2.27. The van der Waals surface area contributed by atoms with Crippen LogP contribution in [0.25, 0.3) is 0 Å². The molecule has 21 heavy (non-hydrogen) atoms. The molecular weight excluding hydrogens is 279 g/mol. The summed E-state index contributed by atoms with van der Waals surface area (Å²) in [5.41, 5.74) is 0.0976. The van der Waals surface area contributed by atoms with Gasteiger partial charge in [0, 0.05) is 0 Å². The monoisotopic (exact) mass is 292 g/mol. The molecule has 1 aromatic heterocycles. The average Bonchev–Trinajstić information content (AvgIpc) is 2.48. The van der Waals surface area contributed by atoms with Crippen LogP contribution >= 0.6 is 0 Å². The van der Waals surface area contributed by atoms with E-state index in [9.17, 15) is 9.18 Å².